The second kappa shape index (κ2) is 10.2. The quantitative estimate of drug-likeness (QED) is 0.549. The van der Waals surface area contributed by atoms with Gasteiger partial charge in [-0.25, -0.2) is 9.79 Å². The molecule has 1 aromatic carbocycles. The van der Waals surface area contributed by atoms with Gasteiger partial charge in [-0.15, -0.1) is 0 Å². The first-order valence-electron chi connectivity index (χ1n) is 11.5. The molecule has 3 heterocycles. The van der Waals surface area contributed by atoms with E-state index in [2.05, 4.69) is 19.0 Å². The van der Waals surface area contributed by atoms with E-state index in [1.165, 1.54) is 18.9 Å². The predicted molar refractivity (Wildman–Crippen MR) is 133 cm³/mol. The molecule has 8 nitrogen and oxygen atoms in total. The van der Waals surface area contributed by atoms with Crippen LogP contribution in [0.5, 0.6) is 5.75 Å². The zero-order valence-electron chi connectivity index (χ0n) is 20.4. The van der Waals surface area contributed by atoms with Crippen LogP contribution in [0.3, 0.4) is 0 Å². The van der Waals surface area contributed by atoms with E-state index in [1.807, 2.05) is 46.4 Å². The molecule has 2 atom stereocenters. The summed E-state index contributed by atoms with van der Waals surface area (Å²) in [6.07, 6.45) is 1.82. The molecule has 3 aliphatic rings. The van der Waals surface area contributed by atoms with E-state index in [0.29, 0.717) is 29.5 Å². The van der Waals surface area contributed by atoms with Crippen molar-refractivity contribution in [3.05, 3.63) is 52.2 Å². The van der Waals surface area contributed by atoms with Crippen LogP contribution in [0.1, 0.15) is 37.8 Å². The lowest BCUT2D eigenvalue weighted by Crippen LogP contribution is -2.39. The molecule has 0 radical (unpaired) electrons. The molecule has 0 saturated carbocycles. The van der Waals surface area contributed by atoms with E-state index < -0.39 is 12.0 Å². The number of amidine groups is 1. The molecule has 1 fully saturated rings. The van der Waals surface area contributed by atoms with Crippen molar-refractivity contribution in [2.45, 2.75) is 38.3 Å². The lowest BCUT2D eigenvalue weighted by Gasteiger charge is -2.37. The number of carbonyl (C=O) groups is 2. The monoisotopic (exact) mass is 484 g/mol. The SMILES string of the molecule is CCC1=C(C(=O)OC)[C@H](c2cccc(OC)c2)N2C(CC(=O)N3CC[C@H](N(C)C)C3)=CSC2=N1. The smallest absolute Gasteiger partial charge is 0.338 e. The lowest BCUT2D eigenvalue weighted by atomic mass is 9.92. The number of methoxy groups -OCH3 is 2. The number of likely N-dealkylation sites (N-methyl/N-ethyl adjacent to an activating group) is 1. The van der Waals surface area contributed by atoms with E-state index in [9.17, 15) is 9.59 Å². The highest BCUT2D eigenvalue weighted by Gasteiger charge is 2.42. The summed E-state index contributed by atoms with van der Waals surface area (Å²) in [7, 11) is 7.11. The van der Waals surface area contributed by atoms with Crippen LogP contribution in [-0.2, 0) is 14.3 Å². The number of carbonyl (C=O) groups excluding carboxylic acids is 2. The van der Waals surface area contributed by atoms with Crippen molar-refractivity contribution in [1.29, 1.82) is 0 Å². The zero-order valence-corrected chi connectivity index (χ0v) is 21.2. The van der Waals surface area contributed by atoms with E-state index >= 15 is 0 Å². The number of ether oxygens (including phenoxy) is 2. The molecule has 182 valence electrons. The minimum atomic E-state index is -0.452. The number of amides is 1. The van der Waals surface area contributed by atoms with Crippen molar-refractivity contribution in [3.63, 3.8) is 0 Å². The molecule has 3 aliphatic heterocycles. The van der Waals surface area contributed by atoms with Crippen molar-refractivity contribution >= 4 is 28.8 Å². The zero-order chi connectivity index (χ0) is 24.4. The van der Waals surface area contributed by atoms with Gasteiger partial charge in [0.05, 0.1) is 38.0 Å². The van der Waals surface area contributed by atoms with E-state index in [-0.39, 0.29) is 12.3 Å². The molecule has 0 aromatic heterocycles. The van der Waals surface area contributed by atoms with Crippen LogP contribution in [0.25, 0.3) is 0 Å². The maximum atomic E-state index is 13.2. The normalized spacial score (nSPS) is 22.1. The number of rotatable bonds is 7. The Kier molecular flexibility index (Phi) is 7.33. The highest BCUT2D eigenvalue weighted by Crippen LogP contribution is 2.46. The summed E-state index contributed by atoms with van der Waals surface area (Å²) in [5, 5.41) is 2.75. The minimum Gasteiger partial charge on any atom is -0.497 e. The molecule has 1 saturated heterocycles. The van der Waals surface area contributed by atoms with Crippen molar-refractivity contribution in [3.8, 4) is 5.75 Å². The van der Waals surface area contributed by atoms with Crippen molar-refractivity contribution in [1.82, 2.24) is 14.7 Å². The maximum absolute atomic E-state index is 13.2. The molecular weight excluding hydrogens is 452 g/mol. The minimum absolute atomic E-state index is 0.0896. The first-order valence-corrected chi connectivity index (χ1v) is 12.4. The van der Waals surface area contributed by atoms with Crippen LogP contribution in [0.15, 0.2) is 51.6 Å². The van der Waals surface area contributed by atoms with Crippen LogP contribution in [0, 0.1) is 0 Å². The third-order valence-corrected chi connectivity index (χ3v) is 7.51. The summed E-state index contributed by atoms with van der Waals surface area (Å²) in [6.45, 7) is 3.47. The number of fused-ring (bicyclic) bond motifs is 1. The van der Waals surface area contributed by atoms with Crippen molar-refractivity contribution < 1.29 is 19.1 Å². The number of esters is 1. The van der Waals surface area contributed by atoms with E-state index in [4.69, 9.17) is 14.5 Å². The summed E-state index contributed by atoms with van der Waals surface area (Å²) >= 11 is 1.49. The van der Waals surface area contributed by atoms with Crippen molar-refractivity contribution in [2.75, 3.05) is 41.4 Å². The Labute approximate surface area is 205 Å². The lowest BCUT2D eigenvalue weighted by molar-refractivity contribution is -0.136. The summed E-state index contributed by atoms with van der Waals surface area (Å²) in [5.74, 6) is 0.374. The van der Waals surface area contributed by atoms with Crippen LogP contribution in [0.4, 0.5) is 0 Å². The fourth-order valence-electron chi connectivity index (χ4n) is 4.70. The highest BCUT2D eigenvalue weighted by molar-refractivity contribution is 8.16. The fraction of sp³-hybridized carbons (Fsp3) is 0.480. The molecule has 1 amide bonds. The molecule has 4 rings (SSSR count). The summed E-state index contributed by atoms with van der Waals surface area (Å²) in [6, 6.07) is 7.60. The molecule has 9 heteroatoms. The first kappa shape index (κ1) is 24.3. The summed E-state index contributed by atoms with van der Waals surface area (Å²) in [4.78, 5) is 37.1. The van der Waals surface area contributed by atoms with Gasteiger partial charge in [0.15, 0.2) is 5.17 Å². The van der Waals surface area contributed by atoms with Crippen LogP contribution < -0.4 is 4.74 Å². The summed E-state index contributed by atoms with van der Waals surface area (Å²) < 4.78 is 10.6. The largest absolute Gasteiger partial charge is 0.497 e. The second-order valence-electron chi connectivity index (χ2n) is 8.80. The molecule has 0 spiro atoms. The Morgan fingerprint density at radius 2 is 2.06 bits per heavy atom. The molecule has 34 heavy (non-hydrogen) atoms. The molecule has 0 aliphatic carbocycles. The maximum Gasteiger partial charge on any atom is 0.338 e. The fourth-order valence-corrected chi connectivity index (χ4v) is 5.63. The third kappa shape index (κ3) is 4.59. The number of nitrogens with zero attached hydrogens (tertiary/aromatic N) is 4. The first-order chi connectivity index (χ1) is 16.4. The number of allylic oxidation sites excluding steroid dienone is 1. The van der Waals surface area contributed by atoms with Gasteiger partial charge in [-0.1, -0.05) is 30.8 Å². The third-order valence-electron chi connectivity index (χ3n) is 6.62. The molecular formula is C25H32N4O4S. The van der Waals surface area contributed by atoms with Gasteiger partial charge in [-0.05, 0) is 50.0 Å². The standard InChI is InChI=1S/C25H32N4O4S/c1-6-20-22(24(31)33-5)23(16-8-7-9-19(12-16)32-4)29-18(15-34-25(29)26-20)13-21(30)28-11-10-17(14-28)27(2)3/h7-9,12,15,17,23H,6,10-11,13-14H2,1-5H3/t17-,23-/m0/s1. The number of aliphatic imine (C=N–C) groups is 1. The number of hydrogen-bond donors (Lipinski definition) is 0. The number of hydrogen-bond acceptors (Lipinski definition) is 8. The predicted octanol–water partition coefficient (Wildman–Crippen LogP) is 3.39. The van der Waals surface area contributed by atoms with Crippen LogP contribution in [-0.4, -0.2) is 79.2 Å². The van der Waals surface area contributed by atoms with Crippen LogP contribution in [0.2, 0.25) is 0 Å². The van der Waals surface area contributed by atoms with E-state index in [1.54, 1.807) is 7.11 Å². The molecule has 0 bridgehead atoms. The number of benzene rings is 1. The Morgan fingerprint density at radius 3 is 2.71 bits per heavy atom. The van der Waals surface area contributed by atoms with Crippen molar-refractivity contribution in [2.24, 2.45) is 4.99 Å². The van der Waals surface area contributed by atoms with Gasteiger partial charge in [-0.3, -0.25) is 4.79 Å². The Hall–Kier alpha value is -2.78. The Balaban J connectivity index is 1.68. The van der Waals surface area contributed by atoms with Gasteiger partial charge in [-0.2, -0.15) is 0 Å². The topological polar surface area (TPSA) is 74.7 Å². The Bertz CT molecular complexity index is 1060. The van der Waals surface area contributed by atoms with Gasteiger partial charge in [0.1, 0.15) is 5.75 Å². The van der Waals surface area contributed by atoms with Crippen LogP contribution >= 0.6 is 11.8 Å². The average molecular weight is 485 g/mol. The molecule has 1 aromatic rings. The number of thioether (sulfide) groups is 1. The Morgan fingerprint density at radius 1 is 1.26 bits per heavy atom. The van der Waals surface area contributed by atoms with Gasteiger partial charge in [0, 0.05) is 24.8 Å². The van der Waals surface area contributed by atoms with Gasteiger partial charge in [0.2, 0.25) is 5.91 Å². The van der Waals surface area contributed by atoms with E-state index in [0.717, 1.165) is 35.9 Å². The van der Waals surface area contributed by atoms with Gasteiger partial charge in [0.25, 0.3) is 0 Å². The highest BCUT2D eigenvalue weighted by atomic mass is 32.2. The average Bonchev–Trinajstić information content (AvgIpc) is 3.50. The molecule has 0 N–H and O–H groups in total. The summed E-state index contributed by atoms with van der Waals surface area (Å²) in [5.41, 5.74) is 2.92. The van der Waals surface area contributed by atoms with Gasteiger partial charge >= 0.3 is 5.97 Å². The number of likely N-dealkylation sites (tertiary alicyclic amines) is 1. The second-order valence-corrected chi connectivity index (χ2v) is 9.64. The molecule has 0 unspecified atom stereocenters. The van der Waals surface area contributed by atoms with Gasteiger partial charge < -0.3 is 24.2 Å².